The molecular formula is C20H23N3O5. The molecule has 0 radical (unpaired) electrons. The Morgan fingerprint density at radius 3 is 2.79 bits per heavy atom. The van der Waals surface area contributed by atoms with Crippen molar-refractivity contribution in [3.05, 3.63) is 48.3 Å². The molecule has 0 aliphatic carbocycles. The first kappa shape index (κ1) is 19.5. The fraction of sp³-hybridized carbons (Fsp3) is 0.350. The highest BCUT2D eigenvalue weighted by atomic mass is 16.5. The Bertz CT molecular complexity index is 842. The van der Waals surface area contributed by atoms with Gasteiger partial charge in [0.25, 0.3) is 11.8 Å². The lowest BCUT2D eigenvalue weighted by atomic mass is 10.1. The lowest BCUT2D eigenvalue weighted by Gasteiger charge is -2.33. The van der Waals surface area contributed by atoms with Crippen molar-refractivity contribution in [1.29, 1.82) is 0 Å². The van der Waals surface area contributed by atoms with Crippen LogP contribution < -0.4 is 19.9 Å². The number of carbonyl (C=O) groups is 2. The maximum absolute atomic E-state index is 12.5. The van der Waals surface area contributed by atoms with E-state index in [1.54, 1.807) is 30.2 Å². The molecule has 2 amide bonds. The molecule has 1 unspecified atom stereocenters. The highest BCUT2D eigenvalue weighted by molar-refractivity contribution is 5.91. The van der Waals surface area contributed by atoms with Gasteiger partial charge in [0.1, 0.15) is 17.5 Å². The third-order valence-electron chi connectivity index (χ3n) is 4.44. The summed E-state index contributed by atoms with van der Waals surface area (Å²) in [5.74, 6) is 0.886. The zero-order chi connectivity index (χ0) is 19.9. The van der Waals surface area contributed by atoms with E-state index in [1.807, 2.05) is 12.1 Å². The molecule has 2 N–H and O–H groups in total. The summed E-state index contributed by atoms with van der Waals surface area (Å²) in [6.45, 7) is 1.02. The maximum Gasteiger partial charge on any atom is 0.267 e. The second-order valence-electron chi connectivity index (χ2n) is 6.40. The first-order valence-corrected chi connectivity index (χ1v) is 9.03. The molecule has 28 heavy (non-hydrogen) atoms. The van der Waals surface area contributed by atoms with Gasteiger partial charge in [0, 0.05) is 18.8 Å². The number of hydrogen-bond donors (Lipinski definition) is 1. The van der Waals surface area contributed by atoms with E-state index in [0.29, 0.717) is 30.3 Å². The van der Waals surface area contributed by atoms with Gasteiger partial charge in [-0.1, -0.05) is 12.1 Å². The molecule has 0 spiro atoms. The maximum atomic E-state index is 12.5. The first-order valence-electron chi connectivity index (χ1n) is 9.03. The van der Waals surface area contributed by atoms with Crippen molar-refractivity contribution in [2.75, 3.05) is 26.8 Å². The number of para-hydroxylation sites is 2. The quantitative estimate of drug-likeness (QED) is 0.777. The minimum Gasteiger partial charge on any atom is -0.493 e. The lowest BCUT2D eigenvalue weighted by molar-refractivity contribution is -0.136. The average molecular weight is 385 g/mol. The lowest BCUT2D eigenvalue weighted by Crippen LogP contribution is -2.46. The number of methoxy groups -OCH3 is 1. The first-order chi connectivity index (χ1) is 13.6. The van der Waals surface area contributed by atoms with E-state index in [9.17, 15) is 9.59 Å². The summed E-state index contributed by atoms with van der Waals surface area (Å²) in [4.78, 5) is 29.4. The number of primary amides is 1. The van der Waals surface area contributed by atoms with Gasteiger partial charge < -0.3 is 24.8 Å². The minimum absolute atomic E-state index is 0.0752. The Labute approximate surface area is 163 Å². The van der Waals surface area contributed by atoms with E-state index in [-0.39, 0.29) is 24.3 Å². The highest BCUT2D eigenvalue weighted by Gasteiger charge is 2.25. The summed E-state index contributed by atoms with van der Waals surface area (Å²) >= 11 is 0. The third kappa shape index (κ3) is 4.91. The van der Waals surface area contributed by atoms with E-state index in [2.05, 4.69) is 4.98 Å². The molecule has 2 aromatic rings. The number of piperidine rings is 1. The predicted octanol–water partition coefficient (Wildman–Crippen LogP) is 1.64. The Hall–Kier alpha value is -3.29. The number of pyridine rings is 1. The molecular weight excluding hydrogens is 362 g/mol. The van der Waals surface area contributed by atoms with Crippen LogP contribution in [-0.2, 0) is 4.79 Å². The molecule has 1 aromatic heterocycles. The molecule has 1 saturated heterocycles. The number of nitrogens with zero attached hydrogens (tertiary/aromatic N) is 2. The van der Waals surface area contributed by atoms with Crippen molar-refractivity contribution in [3.63, 3.8) is 0 Å². The van der Waals surface area contributed by atoms with Crippen LogP contribution in [0.1, 0.15) is 23.3 Å². The van der Waals surface area contributed by atoms with Crippen molar-refractivity contribution in [2.24, 2.45) is 5.73 Å². The van der Waals surface area contributed by atoms with Crippen LogP contribution in [0.3, 0.4) is 0 Å². The third-order valence-corrected chi connectivity index (χ3v) is 4.44. The Balaban J connectivity index is 1.56. The summed E-state index contributed by atoms with van der Waals surface area (Å²) in [5, 5.41) is 0. The SMILES string of the molecule is COc1ccccc1OCC(=O)N1CCCC(Oc2ccnc(C(N)=O)c2)C1. The predicted molar refractivity (Wildman–Crippen MR) is 101 cm³/mol. The molecule has 1 aliphatic heterocycles. The van der Waals surface area contributed by atoms with E-state index < -0.39 is 5.91 Å². The zero-order valence-electron chi connectivity index (χ0n) is 15.7. The van der Waals surface area contributed by atoms with Crippen LogP contribution in [0.25, 0.3) is 0 Å². The summed E-state index contributed by atoms with van der Waals surface area (Å²) in [7, 11) is 1.55. The van der Waals surface area contributed by atoms with E-state index in [1.165, 1.54) is 12.3 Å². The van der Waals surface area contributed by atoms with Crippen molar-refractivity contribution >= 4 is 11.8 Å². The van der Waals surface area contributed by atoms with Crippen LogP contribution in [0.5, 0.6) is 17.2 Å². The molecule has 1 fully saturated rings. The fourth-order valence-electron chi connectivity index (χ4n) is 3.04. The smallest absolute Gasteiger partial charge is 0.267 e. The van der Waals surface area contributed by atoms with Crippen molar-refractivity contribution in [1.82, 2.24) is 9.88 Å². The number of likely N-dealkylation sites (tertiary alicyclic amines) is 1. The Kier molecular flexibility index (Phi) is 6.31. The second-order valence-corrected chi connectivity index (χ2v) is 6.40. The minimum atomic E-state index is -0.612. The standard InChI is InChI=1S/C20H23N3O5/c1-26-17-6-2-3-7-18(17)27-13-19(24)23-10-4-5-15(12-23)28-14-8-9-22-16(11-14)20(21)25/h2-3,6-9,11,15H,4-5,10,12-13H2,1H3,(H2,21,25). The number of ether oxygens (including phenoxy) is 3. The summed E-state index contributed by atoms with van der Waals surface area (Å²) in [6.07, 6.45) is 2.93. The van der Waals surface area contributed by atoms with E-state index in [4.69, 9.17) is 19.9 Å². The van der Waals surface area contributed by atoms with Crippen LogP contribution in [0.15, 0.2) is 42.6 Å². The van der Waals surface area contributed by atoms with Gasteiger partial charge in [0.05, 0.1) is 13.7 Å². The fourth-order valence-corrected chi connectivity index (χ4v) is 3.04. The number of nitrogens with two attached hydrogens (primary N) is 1. The van der Waals surface area contributed by atoms with Crippen LogP contribution in [0.4, 0.5) is 0 Å². The van der Waals surface area contributed by atoms with Crippen LogP contribution in [0.2, 0.25) is 0 Å². The molecule has 0 bridgehead atoms. The molecule has 1 atom stereocenters. The van der Waals surface area contributed by atoms with Gasteiger partial charge in [-0.2, -0.15) is 0 Å². The van der Waals surface area contributed by atoms with Gasteiger partial charge >= 0.3 is 0 Å². The number of rotatable bonds is 7. The molecule has 2 heterocycles. The van der Waals surface area contributed by atoms with Gasteiger partial charge in [-0.15, -0.1) is 0 Å². The molecule has 0 saturated carbocycles. The average Bonchev–Trinajstić information content (AvgIpc) is 2.72. The summed E-state index contributed by atoms with van der Waals surface area (Å²) in [5.41, 5.74) is 5.39. The monoisotopic (exact) mass is 385 g/mol. The normalized spacial score (nSPS) is 16.3. The molecule has 3 rings (SSSR count). The summed E-state index contributed by atoms with van der Waals surface area (Å²) < 4.78 is 16.8. The van der Waals surface area contributed by atoms with Crippen LogP contribution in [-0.4, -0.2) is 54.6 Å². The second kappa shape index (κ2) is 9.07. The number of aromatic nitrogens is 1. The van der Waals surface area contributed by atoms with Gasteiger partial charge in [0.15, 0.2) is 18.1 Å². The molecule has 1 aromatic carbocycles. The molecule has 8 nitrogen and oxygen atoms in total. The van der Waals surface area contributed by atoms with Gasteiger partial charge in [-0.25, -0.2) is 0 Å². The molecule has 1 aliphatic rings. The Morgan fingerprint density at radius 1 is 1.25 bits per heavy atom. The number of benzene rings is 1. The van der Waals surface area contributed by atoms with Crippen molar-refractivity contribution in [2.45, 2.75) is 18.9 Å². The van der Waals surface area contributed by atoms with Crippen molar-refractivity contribution < 1.29 is 23.8 Å². The van der Waals surface area contributed by atoms with Gasteiger partial charge in [-0.3, -0.25) is 14.6 Å². The summed E-state index contributed by atoms with van der Waals surface area (Å²) in [6, 6.07) is 10.4. The van der Waals surface area contributed by atoms with Gasteiger partial charge in [-0.05, 0) is 31.0 Å². The van der Waals surface area contributed by atoms with Crippen molar-refractivity contribution in [3.8, 4) is 17.2 Å². The molecule has 148 valence electrons. The zero-order valence-corrected chi connectivity index (χ0v) is 15.7. The number of amides is 2. The number of carbonyl (C=O) groups excluding carboxylic acids is 2. The number of hydrogen-bond acceptors (Lipinski definition) is 6. The largest absolute Gasteiger partial charge is 0.493 e. The Morgan fingerprint density at radius 2 is 2.04 bits per heavy atom. The highest BCUT2D eigenvalue weighted by Crippen LogP contribution is 2.26. The van der Waals surface area contributed by atoms with Crippen LogP contribution in [0, 0.1) is 0 Å². The topological polar surface area (TPSA) is 104 Å². The van der Waals surface area contributed by atoms with E-state index in [0.717, 1.165) is 12.8 Å². The van der Waals surface area contributed by atoms with Crippen LogP contribution >= 0.6 is 0 Å². The molecule has 8 heteroatoms. The van der Waals surface area contributed by atoms with Gasteiger partial charge in [0.2, 0.25) is 0 Å². The van der Waals surface area contributed by atoms with E-state index >= 15 is 0 Å².